The highest BCUT2D eigenvalue weighted by Gasteiger charge is 2.07. The number of hydrogen-bond donors (Lipinski definition) is 2. The van der Waals surface area contributed by atoms with Gasteiger partial charge in [0.1, 0.15) is 0 Å². The van der Waals surface area contributed by atoms with Gasteiger partial charge in [-0.3, -0.25) is 4.98 Å². The molecular formula is C12H13N3O2S. The lowest BCUT2D eigenvalue weighted by atomic mass is 10.3. The standard InChI is InChI=1S/C12H13N3O2S/c13-18(16,17)12-6-3-5-10(8-12)15-9-11-4-1-2-7-14-11/h1-8,15H,9H2,(H2,13,16,17). The Hall–Kier alpha value is -1.92. The number of primary sulfonamides is 1. The number of rotatable bonds is 4. The molecule has 0 aliphatic rings. The van der Waals surface area contributed by atoms with Crippen molar-refractivity contribution in [3.63, 3.8) is 0 Å². The summed E-state index contributed by atoms with van der Waals surface area (Å²) in [5.74, 6) is 0. The molecule has 0 fully saturated rings. The number of nitrogens with zero attached hydrogens (tertiary/aromatic N) is 1. The van der Waals surface area contributed by atoms with Crippen LogP contribution in [-0.2, 0) is 16.6 Å². The molecule has 6 heteroatoms. The van der Waals surface area contributed by atoms with Crippen LogP contribution in [0.2, 0.25) is 0 Å². The average Bonchev–Trinajstić information content (AvgIpc) is 2.37. The van der Waals surface area contributed by atoms with E-state index in [0.29, 0.717) is 12.2 Å². The van der Waals surface area contributed by atoms with E-state index in [9.17, 15) is 8.42 Å². The molecule has 1 heterocycles. The van der Waals surface area contributed by atoms with Gasteiger partial charge < -0.3 is 5.32 Å². The molecule has 18 heavy (non-hydrogen) atoms. The van der Waals surface area contributed by atoms with Crippen LogP contribution in [0.3, 0.4) is 0 Å². The summed E-state index contributed by atoms with van der Waals surface area (Å²) in [6.07, 6.45) is 1.71. The van der Waals surface area contributed by atoms with Crippen molar-refractivity contribution in [2.24, 2.45) is 5.14 Å². The first kappa shape index (κ1) is 12.5. The van der Waals surface area contributed by atoms with Crippen molar-refractivity contribution >= 4 is 15.7 Å². The molecule has 0 atom stereocenters. The maximum Gasteiger partial charge on any atom is 0.238 e. The van der Waals surface area contributed by atoms with Crippen LogP contribution in [0.5, 0.6) is 0 Å². The Balaban J connectivity index is 2.11. The van der Waals surface area contributed by atoms with Crippen molar-refractivity contribution in [2.45, 2.75) is 11.4 Å². The van der Waals surface area contributed by atoms with E-state index in [-0.39, 0.29) is 4.90 Å². The summed E-state index contributed by atoms with van der Waals surface area (Å²) >= 11 is 0. The Morgan fingerprint density at radius 2 is 2.00 bits per heavy atom. The third-order valence-corrected chi connectivity index (χ3v) is 3.27. The van der Waals surface area contributed by atoms with E-state index >= 15 is 0 Å². The van der Waals surface area contributed by atoms with Crippen LogP contribution in [0, 0.1) is 0 Å². The van der Waals surface area contributed by atoms with E-state index in [4.69, 9.17) is 5.14 Å². The molecule has 5 nitrogen and oxygen atoms in total. The summed E-state index contributed by atoms with van der Waals surface area (Å²) in [6.45, 7) is 0.523. The second-order valence-corrected chi connectivity index (χ2v) is 5.31. The number of nitrogens with two attached hydrogens (primary N) is 1. The normalized spacial score (nSPS) is 11.2. The van der Waals surface area contributed by atoms with Crippen LogP contribution in [0.15, 0.2) is 53.6 Å². The number of anilines is 1. The van der Waals surface area contributed by atoms with E-state index in [1.807, 2.05) is 18.2 Å². The molecule has 0 amide bonds. The summed E-state index contributed by atoms with van der Waals surface area (Å²) in [5.41, 5.74) is 1.56. The van der Waals surface area contributed by atoms with Gasteiger partial charge >= 0.3 is 0 Å². The van der Waals surface area contributed by atoms with E-state index in [0.717, 1.165) is 5.69 Å². The van der Waals surface area contributed by atoms with Crippen molar-refractivity contribution in [1.82, 2.24) is 4.98 Å². The zero-order chi connectivity index (χ0) is 13.0. The molecule has 1 aromatic heterocycles. The molecule has 0 spiro atoms. The highest BCUT2D eigenvalue weighted by molar-refractivity contribution is 7.89. The van der Waals surface area contributed by atoms with Crippen LogP contribution in [0.1, 0.15) is 5.69 Å². The second kappa shape index (κ2) is 5.16. The van der Waals surface area contributed by atoms with E-state index < -0.39 is 10.0 Å². The molecule has 0 radical (unpaired) electrons. The maximum atomic E-state index is 11.2. The first-order valence-corrected chi connectivity index (χ1v) is 6.87. The predicted molar refractivity (Wildman–Crippen MR) is 69.4 cm³/mol. The van der Waals surface area contributed by atoms with Crippen molar-refractivity contribution in [1.29, 1.82) is 0 Å². The Morgan fingerprint density at radius 1 is 1.17 bits per heavy atom. The number of aromatic nitrogens is 1. The number of benzene rings is 1. The number of nitrogens with one attached hydrogen (secondary N) is 1. The minimum Gasteiger partial charge on any atom is -0.379 e. The molecule has 0 saturated carbocycles. The van der Waals surface area contributed by atoms with Gasteiger partial charge in [0.15, 0.2) is 0 Å². The first-order valence-electron chi connectivity index (χ1n) is 5.32. The molecule has 0 saturated heterocycles. The lowest BCUT2D eigenvalue weighted by Gasteiger charge is -2.07. The Kier molecular flexibility index (Phi) is 3.59. The van der Waals surface area contributed by atoms with Crippen molar-refractivity contribution in [2.75, 3.05) is 5.32 Å². The lowest BCUT2D eigenvalue weighted by molar-refractivity contribution is 0.598. The van der Waals surface area contributed by atoms with Crippen LogP contribution in [0.25, 0.3) is 0 Å². The van der Waals surface area contributed by atoms with E-state index in [1.54, 1.807) is 18.3 Å². The molecule has 0 unspecified atom stereocenters. The van der Waals surface area contributed by atoms with Gasteiger partial charge in [0.2, 0.25) is 10.0 Å². The third kappa shape index (κ3) is 3.28. The highest BCUT2D eigenvalue weighted by Crippen LogP contribution is 2.14. The van der Waals surface area contributed by atoms with Gasteiger partial charge in [-0.1, -0.05) is 12.1 Å². The topological polar surface area (TPSA) is 85.1 Å². The van der Waals surface area contributed by atoms with E-state index in [2.05, 4.69) is 10.3 Å². The molecule has 1 aromatic carbocycles. The maximum absolute atomic E-state index is 11.2. The zero-order valence-electron chi connectivity index (χ0n) is 9.58. The fourth-order valence-electron chi connectivity index (χ4n) is 1.48. The summed E-state index contributed by atoms with van der Waals surface area (Å²) in [7, 11) is -3.66. The minimum absolute atomic E-state index is 0.0912. The summed E-state index contributed by atoms with van der Waals surface area (Å²) in [5, 5.41) is 8.16. The average molecular weight is 263 g/mol. The predicted octanol–water partition coefficient (Wildman–Crippen LogP) is 1.34. The Morgan fingerprint density at radius 3 is 2.67 bits per heavy atom. The van der Waals surface area contributed by atoms with Gasteiger partial charge in [0, 0.05) is 11.9 Å². The van der Waals surface area contributed by atoms with Gasteiger partial charge in [-0.2, -0.15) is 0 Å². The molecule has 2 rings (SSSR count). The van der Waals surface area contributed by atoms with Crippen molar-refractivity contribution in [3.8, 4) is 0 Å². The smallest absolute Gasteiger partial charge is 0.238 e. The van der Waals surface area contributed by atoms with Gasteiger partial charge in [0.25, 0.3) is 0 Å². The van der Waals surface area contributed by atoms with Gasteiger partial charge in [-0.05, 0) is 30.3 Å². The summed E-state index contributed by atoms with van der Waals surface area (Å²) in [4.78, 5) is 4.25. The summed E-state index contributed by atoms with van der Waals surface area (Å²) in [6, 6.07) is 12.0. The number of pyridine rings is 1. The fraction of sp³-hybridized carbons (Fsp3) is 0.0833. The first-order chi connectivity index (χ1) is 8.55. The largest absolute Gasteiger partial charge is 0.379 e. The molecule has 0 aliphatic carbocycles. The lowest BCUT2D eigenvalue weighted by Crippen LogP contribution is -2.12. The van der Waals surface area contributed by atoms with Crippen LogP contribution < -0.4 is 10.5 Å². The van der Waals surface area contributed by atoms with Crippen molar-refractivity contribution in [3.05, 3.63) is 54.4 Å². The molecule has 0 bridgehead atoms. The second-order valence-electron chi connectivity index (χ2n) is 3.75. The number of sulfonamides is 1. The monoisotopic (exact) mass is 263 g/mol. The third-order valence-electron chi connectivity index (χ3n) is 2.36. The van der Waals surface area contributed by atoms with Gasteiger partial charge in [-0.15, -0.1) is 0 Å². The van der Waals surface area contributed by atoms with Crippen LogP contribution in [0.4, 0.5) is 5.69 Å². The Labute approximate surface area is 106 Å². The Bertz CT molecular complexity index is 627. The number of hydrogen-bond acceptors (Lipinski definition) is 4. The van der Waals surface area contributed by atoms with E-state index in [1.165, 1.54) is 12.1 Å². The molecular weight excluding hydrogens is 250 g/mol. The van der Waals surface area contributed by atoms with Crippen LogP contribution >= 0.6 is 0 Å². The van der Waals surface area contributed by atoms with Gasteiger partial charge in [-0.25, -0.2) is 13.6 Å². The molecule has 94 valence electrons. The molecule has 0 aliphatic heterocycles. The zero-order valence-corrected chi connectivity index (χ0v) is 10.4. The minimum atomic E-state index is -3.66. The molecule has 3 N–H and O–H groups in total. The quantitative estimate of drug-likeness (QED) is 0.871. The molecule has 2 aromatic rings. The van der Waals surface area contributed by atoms with Gasteiger partial charge in [0.05, 0.1) is 17.1 Å². The van der Waals surface area contributed by atoms with Crippen LogP contribution in [-0.4, -0.2) is 13.4 Å². The summed E-state index contributed by atoms with van der Waals surface area (Å²) < 4.78 is 22.4. The highest BCUT2D eigenvalue weighted by atomic mass is 32.2. The fourth-order valence-corrected chi connectivity index (χ4v) is 2.04. The van der Waals surface area contributed by atoms with Crippen molar-refractivity contribution < 1.29 is 8.42 Å². The SMILES string of the molecule is NS(=O)(=O)c1cccc(NCc2ccccn2)c1.